The van der Waals surface area contributed by atoms with Crippen LogP contribution in [-0.4, -0.2) is 24.0 Å². The van der Waals surface area contributed by atoms with Crippen LogP contribution in [0, 0.1) is 16.7 Å². The van der Waals surface area contributed by atoms with Crippen LogP contribution in [0.5, 0.6) is 0 Å². The summed E-state index contributed by atoms with van der Waals surface area (Å²) < 4.78 is 0. The molecule has 3 nitrogen and oxygen atoms in total. The summed E-state index contributed by atoms with van der Waals surface area (Å²) in [6, 6.07) is 8.08. The van der Waals surface area contributed by atoms with E-state index >= 15 is 0 Å². The second-order valence-corrected chi connectivity index (χ2v) is 6.21. The molecule has 0 bridgehead atoms. The van der Waals surface area contributed by atoms with Gasteiger partial charge >= 0.3 is 0 Å². The number of nitrogens with zero attached hydrogens (tertiary/aromatic N) is 1. The highest BCUT2D eigenvalue weighted by Gasteiger charge is 2.17. The molecule has 0 spiro atoms. The number of benzene rings is 1. The van der Waals surface area contributed by atoms with Gasteiger partial charge in [0.05, 0.1) is 11.3 Å². The normalized spacial score (nSPS) is 11.1. The Morgan fingerprint density at radius 1 is 1.44 bits per heavy atom. The second kappa shape index (κ2) is 6.67. The summed E-state index contributed by atoms with van der Waals surface area (Å²) in [6.45, 7) is 6.79. The summed E-state index contributed by atoms with van der Waals surface area (Å²) in [6.07, 6.45) is 0. The van der Waals surface area contributed by atoms with Crippen LogP contribution in [0.2, 0.25) is 0 Å². The lowest BCUT2D eigenvalue weighted by Crippen LogP contribution is -2.27. The number of hydrogen-bond acceptors (Lipinski definition) is 4. The van der Waals surface area contributed by atoms with E-state index in [1.807, 2.05) is 32.0 Å². The molecule has 0 amide bonds. The number of hydrogen-bond donors (Lipinski definition) is 2. The van der Waals surface area contributed by atoms with Gasteiger partial charge in [-0.15, -0.1) is 11.8 Å². The van der Waals surface area contributed by atoms with Crippen molar-refractivity contribution in [3.8, 4) is 6.07 Å². The highest BCUT2D eigenvalue weighted by Crippen LogP contribution is 2.28. The SMILES string of the molecule is CCSc1cccc(NCC(C)(C)CO)c1C#N. The van der Waals surface area contributed by atoms with Gasteiger partial charge in [-0.05, 0) is 17.9 Å². The van der Waals surface area contributed by atoms with Crippen molar-refractivity contribution in [2.24, 2.45) is 5.41 Å². The summed E-state index contributed by atoms with van der Waals surface area (Å²) in [5, 5.41) is 21.7. The van der Waals surface area contributed by atoms with Gasteiger partial charge in [-0.25, -0.2) is 0 Å². The Labute approximate surface area is 113 Å². The summed E-state index contributed by atoms with van der Waals surface area (Å²) in [4.78, 5) is 1.01. The Bertz CT molecular complexity index is 438. The molecule has 0 atom stereocenters. The third kappa shape index (κ3) is 3.94. The predicted molar refractivity (Wildman–Crippen MR) is 76.9 cm³/mol. The molecule has 4 heteroatoms. The molecule has 0 heterocycles. The molecule has 0 radical (unpaired) electrons. The molecule has 0 aromatic heterocycles. The van der Waals surface area contributed by atoms with Gasteiger partial charge in [0.2, 0.25) is 0 Å². The van der Waals surface area contributed by atoms with Crippen molar-refractivity contribution in [1.29, 1.82) is 5.26 Å². The van der Waals surface area contributed by atoms with Gasteiger partial charge < -0.3 is 10.4 Å². The molecular weight excluding hydrogens is 244 g/mol. The van der Waals surface area contributed by atoms with Crippen molar-refractivity contribution < 1.29 is 5.11 Å². The minimum absolute atomic E-state index is 0.116. The average Bonchev–Trinajstić information content (AvgIpc) is 2.37. The van der Waals surface area contributed by atoms with E-state index < -0.39 is 0 Å². The topological polar surface area (TPSA) is 56.0 Å². The third-order valence-electron chi connectivity index (χ3n) is 2.62. The van der Waals surface area contributed by atoms with Crippen LogP contribution >= 0.6 is 11.8 Å². The molecule has 0 aliphatic rings. The predicted octanol–water partition coefficient (Wildman–Crippen LogP) is 3.10. The molecule has 98 valence electrons. The molecule has 1 aromatic carbocycles. The van der Waals surface area contributed by atoms with Gasteiger partial charge in [0.1, 0.15) is 6.07 Å². The number of anilines is 1. The number of aliphatic hydroxyl groups excluding tert-OH is 1. The summed E-state index contributed by atoms with van der Waals surface area (Å²) in [5.74, 6) is 0.945. The zero-order chi connectivity index (χ0) is 13.6. The summed E-state index contributed by atoms with van der Waals surface area (Å²) in [7, 11) is 0. The number of thioether (sulfide) groups is 1. The van der Waals surface area contributed by atoms with E-state index in [4.69, 9.17) is 0 Å². The quantitative estimate of drug-likeness (QED) is 0.775. The van der Waals surface area contributed by atoms with Gasteiger partial charge in [-0.1, -0.05) is 26.8 Å². The summed E-state index contributed by atoms with van der Waals surface area (Å²) >= 11 is 1.67. The van der Waals surface area contributed by atoms with Crippen molar-refractivity contribution in [2.45, 2.75) is 25.7 Å². The third-order valence-corrected chi connectivity index (χ3v) is 3.56. The van der Waals surface area contributed by atoms with E-state index in [1.165, 1.54) is 0 Å². The molecule has 0 aliphatic carbocycles. The van der Waals surface area contributed by atoms with E-state index in [1.54, 1.807) is 11.8 Å². The van der Waals surface area contributed by atoms with Crippen molar-refractivity contribution in [3.63, 3.8) is 0 Å². The maximum absolute atomic E-state index is 9.26. The average molecular weight is 264 g/mol. The minimum atomic E-state index is -0.194. The Morgan fingerprint density at radius 3 is 2.72 bits per heavy atom. The molecule has 0 unspecified atom stereocenters. The van der Waals surface area contributed by atoms with Crippen molar-refractivity contribution in [2.75, 3.05) is 24.2 Å². The van der Waals surface area contributed by atoms with Crippen molar-refractivity contribution in [3.05, 3.63) is 23.8 Å². The molecular formula is C14H20N2OS. The van der Waals surface area contributed by atoms with E-state index in [0.717, 1.165) is 16.3 Å². The first kappa shape index (κ1) is 14.9. The molecule has 1 rings (SSSR count). The fourth-order valence-corrected chi connectivity index (χ4v) is 2.25. The Kier molecular flexibility index (Phi) is 5.52. The molecule has 1 aromatic rings. The number of rotatable bonds is 6. The first-order chi connectivity index (χ1) is 8.54. The molecule has 0 aliphatic heterocycles. The molecule has 0 fully saturated rings. The Hall–Kier alpha value is -1.18. The van der Waals surface area contributed by atoms with Crippen LogP contribution in [0.15, 0.2) is 23.1 Å². The van der Waals surface area contributed by atoms with Crippen LogP contribution in [0.25, 0.3) is 0 Å². The van der Waals surface area contributed by atoms with E-state index in [9.17, 15) is 10.4 Å². The molecule has 0 saturated heterocycles. The van der Waals surface area contributed by atoms with Crippen LogP contribution in [0.1, 0.15) is 26.3 Å². The fraction of sp³-hybridized carbons (Fsp3) is 0.500. The van der Waals surface area contributed by atoms with Gasteiger partial charge in [0.25, 0.3) is 0 Å². The van der Waals surface area contributed by atoms with E-state index in [0.29, 0.717) is 12.1 Å². The van der Waals surface area contributed by atoms with E-state index in [-0.39, 0.29) is 12.0 Å². The second-order valence-electron chi connectivity index (χ2n) is 4.90. The highest BCUT2D eigenvalue weighted by atomic mass is 32.2. The standard InChI is InChI=1S/C14H20N2OS/c1-4-18-13-7-5-6-12(11(13)8-15)16-9-14(2,3)10-17/h5-7,16-17H,4,9-10H2,1-3H3. The lowest BCUT2D eigenvalue weighted by Gasteiger charge is -2.23. The summed E-state index contributed by atoms with van der Waals surface area (Å²) in [5.41, 5.74) is 1.34. The smallest absolute Gasteiger partial charge is 0.102 e. The zero-order valence-electron chi connectivity index (χ0n) is 11.2. The van der Waals surface area contributed by atoms with Crippen LogP contribution in [0.3, 0.4) is 0 Å². The van der Waals surface area contributed by atoms with Crippen molar-refractivity contribution in [1.82, 2.24) is 0 Å². The maximum atomic E-state index is 9.26. The molecule has 0 saturated carbocycles. The lowest BCUT2D eigenvalue weighted by molar-refractivity contribution is 0.171. The lowest BCUT2D eigenvalue weighted by atomic mass is 9.95. The van der Waals surface area contributed by atoms with Gasteiger partial charge in [0, 0.05) is 23.5 Å². The maximum Gasteiger partial charge on any atom is 0.102 e. The monoisotopic (exact) mass is 264 g/mol. The highest BCUT2D eigenvalue weighted by molar-refractivity contribution is 7.99. The van der Waals surface area contributed by atoms with Gasteiger partial charge in [-0.2, -0.15) is 5.26 Å². The van der Waals surface area contributed by atoms with E-state index in [2.05, 4.69) is 18.3 Å². The van der Waals surface area contributed by atoms with Gasteiger partial charge in [-0.3, -0.25) is 0 Å². The van der Waals surface area contributed by atoms with Crippen molar-refractivity contribution >= 4 is 17.4 Å². The largest absolute Gasteiger partial charge is 0.396 e. The molecule has 18 heavy (non-hydrogen) atoms. The Balaban J connectivity index is 2.89. The number of nitrogens with one attached hydrogen (secondary N) is 1. The number of nitriles is 1. The Morgan fingerprint density at radius 2 is 2.17 bits per heavy atom. The minimum Gasteiger partial charge on any atom is -0.396 e. The van der Waals surface area contributed by atoms with Crippen LogP contribution < -0.4 is 5.32 Å². The zero-order valence-corrected chi connectivity index (χ0v) is 12.0. The molecule has 2 N–H and O–H groups in total. The first-order valence-corrected chi connectivity index (χ1v) is 7.03. The number of aliphatic hydroxyl groups is 1. The van der Waals surface area contributed by atoms with Gasteiger partial charge in [0.15, 0.2) is 0 Å². The van der Waals surface area contributed by atoms with Crippen LogP contribution in [0.4, 0.5) is 5.69 Å². The first-order valence-electron chi connectivity index (χ1n) is 6.04. The van der Waals surface area contributed by atoms with Crippen LogP contribution in [-0.2, 0) is 0 Å². The fourth-order valence-electron chi connectivity index (χ4n) is 1.46.